The van der Waals surface area contributed by atoms with Crippen molar-refractivity contribution in [1.29, 1.82) is 0 Å². The van der Waals surface area contributed by atoms with Crippen LogP contribution in [-0.2, 0) is 16.1 Å². The van der Waals surface area contributed by atoms with Crippen LogP contribution in [0.1, 0.15) is 23.6 Å². The summed E-state index contributed by atoms with van der Waals surface area (Å²) in [4.78, 5) is 25.8. The predicted octanol–water partition coefficient (Wildman–Crippen LogP) is 4.28. The highest BCUT2D eigenvalue weighted by molar-refractivity contribution is 6.34. The summed E-state index contributed by atoms with van der Waals surface area (Å²) in [6, 6.07) is 11.0. The Bertz CT molecular complexity index is 783. The molecule has 0 bridgehead atoms. The van der Waals surface area contributed by atoms with Gasteiger partial charge in [0.05, 0.1) is 10.7 Å². The van der Waals surface area contributed by atoms with Gasteiger partial charge in [0.1, 0.15) is 6.54 Å². The quantitative estimate of drug-likeness (QED) is 0.843. The summed E-state index contributed by atoms with van der Waals surface area (Å²) in [7, 11) is 0. The Morgan fingerprint density at radius 2 is 1.76 bits per heavy atom. The van der Waals surface area contributed by atoms with Gasteiger partial charge in [0, 0.05) is 18.5 Å². The molecule has 0 aromatic heterocycles. The van der Waals surface area contributed by atoms with Crippen LogP contribution in [0.3, 0.4) is 0 Å². The predicted molar refractivity (Wildman–Crippen MR) is 102 cm³/mol. The SMILES string of the molecule is CC(=O)N(CC(=O)NCc1ccccc1Cl)c1c(C)cc(C)cc1Cl. The van der Waals surface area contributed by atoms with E-state index in [0.717, 1.165) is 16.7 Å². The molecule has 2 aromatic rings. The van der Waals surface area contributed by atoms with Crippen molar-refractivity contribution in [2.24, 2.45) is 0 Å². The highest BCUT2D eigenvalue weighted by Gasteiger charge is 2.20. The summed E-state index contributed by atoms with van der Waals surface area (Å²) in [6.45, 7) is 5.40. The zero-order valence-electron chi connectivity index (χ0n) is 14.4. The monoisotopic (exact) mass is 378 g/mol. The van der Waals surface area contributed by atoms with Gasteiger partial charge in [-0.05, 0) is 42.7 Å². The van der Waals surface area contributed by atoms with Crippen LogP contribution in [0.2, 0.25) is 10.0 Å². The molecule has 0 spiro atoms. The van der Waals surface area contributed by atoms with Crippen molar-refractivity contribution in [2.75, 3.05) is 11.4 Å². The number of benzene rings is 2. The van der Waals surface area contributed by atoms with Crippen LogP contribution in [0.15, 0.2) is 36.4 Å². The van der Waals surface area contributed by atoms with Crippen LogP contribution in [0.4, 0.5) is 5.69 Å². The zero-order chi connectivity index (χ0) is 18.6. The minimum absolute atomic E-state index is 0.108. The number of hydrogen-bond donors (Lipinski definition) is 1. The molecule has 0 atom stereocenters. The molecule has 25 heavy (non-hydrogen) atoms. The molecular weight excluding hydrogens is 359 g/mol. The van der Waals surface area contributed by atoms with Gasteiger partial charge in [0.15, 0.2) is 0 Å². The summed E-state index contributed by atoms with van der Waals surface area (Å²) in [5, 5.41) is 3.82. The van der Waals surface area contributed by atoms with Crippen LogP contribution in [0.5, 0.6) is 0 Å². The Morgan fingerprint density at radius 1 is 1.08 bits per heavy atom. The smallest absolute Gasteiger partial charge is 0.240 e. The molecule has 0 radical (unpaired) electrons. The molecule has 0 heterocycles. The van der Waals surface area contributed by atoms with Gasteiger partial charge in [-0.1, -0.05) is 47.5 Å². The van der Waals surface area contributed by atoms with E-state index in [0.29, 0.717) is 22.3 Å². The molecule has 0 aliphatic heterocycles. The second kappa shape index (κ2) is 8.37. The zero-order valence-corrected chi connectivity index (χ0v) is 15.9. The molecule has 0 aliphatic rings. The van der Waals surface area contributed by atoms with E-state index in [1.54, 1.807) is 12.1 Å². The van der Waals surface area contributed by atoms with Crippen LogP contribution in [-0.4, -0.2) is 18.4 Å². The topological polar surface area (TPSA) is 49.4 Å². The van der Waals surface area contributed by atoms with Gasteiger partial charge in [0.25, 0.3) is 0 Å². The molecular formula is C19H20Cl2N2O2. The van der Waals surface area contributed by atoms with Crippen molar-refractivity contribution in [3.8, 4) is 0 Å². The lowest BCUT2D eigenvalue weighted by atomic mass is 10.1. The summed E-state index contributed by atoms with van der Waals surface area (Å²) in [6.07, 6.45) is 0. The van der Waals surface area contributed by atoms with Gasteiger partial charge < -0.3 is 10.2 Å². The number of carbonyl (C=O) groups is 2. The molecule has 0 saturated carbocycles. The lowest BCUT2D eigenvalue weighted by Crippen LogP contribution is -2.40. The minimum atomic E-state index is -0.286. The van der Waals surface area contributed by atoms with E-state index in [-0.39, 0.29) is 18.4 Å². The number of halogens is 2. The first-order valence-electron chi connectivity index (χ1n) is 7.84. The maximum atomic E-state index is 12.3. The second-order valence-electron chi connectivity index (χ2n) is 5.89. The van der Waals surface area contributed by atoms with Crippen LogP contribution >= 0.6 is 23.2 Å². The van der Waals surface area contributed by atoms with E-state index >= 15 is 0 Å². The average Bonchev–Trinajstić information content (AvgIpc) is 2.52. The third kappa shape index (κ3) is 4.97. The number of nitrogens with zero attached hydrogens (tertiary/aromatic N) is 1. The Labute approximate surface area is 157 Å². The Balaban J connectivity index is 2.13. The fourth-order valence-electron chi connectivity index (χ4n) is 2.63. The number of hydrogen-bond acceptors (Lipinski definition) is 2. The van der Waals surface area contributed by atoms with Crippen LogP contribution < -0.4 is 10.2 Å². The highest BCUT2D eigenvalue weighted by Crippen LogP contribution is 2.31. The van der Waals surface area contributed by atoms with E-state index in [9.17, 15) is 9.59 Å². The van der Waals surface area contributed by atoms with Gasteiger partial charge in [-0.25, -0.2) is 0 Å². The lowest BCUT2D eigenvalue weighted by molar-refractivity contribution is -0.123. The van der Waals surface area contributed by atoms with Gasteiger partial charge in [0.2, 0.25) is 11.8 Å². The van der Waals surface area contributed by atoms with E-state index in [1.165, 1.54) is 11.8 Å². The van der Waals surface area contributed by atoms with Crippen molar-refractivity contribution in [3.05, 3.63) is 63.1 Å². The second-order valence-corrected chi connectivity index (χ2v) is 6.70. The van der Waals surface area contributed by atoms with Crippen molar-refractivity contribution in [3.63, 3.8) is 0 Å². The normalized spacial score (nSPS) is 10.4. The molecule has 6 heteroatoms. The number of anilines is 1. The van der Waals surface area contributed by atoms with Gasteiger partial charge >= 0.3 is 0 Å². The molecule has 4 nitrogen and oxygen atoms in total. The fraction of sp³-hybridized carbons (Fsp3) is 0.263. The number of amides is 2. The van der Waals surface area contributed by atoms with Gasteiger partial charge in [-0.2, -0.15) is 0 Å². The first-order chi connectivity index (χ1) is 11.8. The number of aryl methyl sites for hydroxylation is 2. The molecule has 2 aromatic carbocycles. The summed E-state index contributed by atoms with van der Waals surface area (Å²) in [5.74, 6) is -0.534. The Morgan fingerprint density at radius 3 is 2.36 bits per heavy atom. The molecule has 132 valence electrons. The van der Waals surface area contributed by atoms with Gasteiger partial charge in [-0.3, -0.25) is 9.59 Å². The minimum Gasteiger partial charge on any atom is -0.350 e. The first-order valence-corrected chi connectivity index (χ1v) is 8.60. The number of rotatable bonds is 5. The molecule has 0 unspecified atom stereocenters. The molecule has 0 aliphatic carbocycles. The largest absolute Gasteiger partial charge is 0.350 e. The van der Waals surface area contributed by atoms with Gasteiger partial charge in [-0.15, -0.1) is 0 Å². The molecule has 1 N–H and O–H groups in total. The number of carbonyl (C=O) groups excluding carboxylic acids is 2. The average molecular weight is 379 g/mol. The maximum absolute atomic E-state index is 12.3. The molecule has 2 rings (SSSR count). The summed E-state index contributed by atoms with van der Waals surface area (Å²) in [5.41, 5.74) is 3.22. The van der Waals surface area contributed by atoms with Crippen molar-refractivity contribution >= 4 is 40.7 Å². The summed E-state index contributed by atoms with van der Waals surface area (Å²) >= 11 is 12.4. The van der Waals surface area contributed by atoms with E-state index < -0.39 is 0 Å². The maximum Gasteiger partial charge on any atom is 0.240 e. The van der Waals surface area contributed by atoms with Crippen molar-refractivity contribution in [1.82, 2.24) is 5.32 Å². The molecule has 2 amide bonds. The third-order valence-electron chi connectivity index (χ3n) is 3.78. The molecule has 0 saturated heterocycles. The van der Waals surface area contributed by atoms with Crippen LogP contribution in [0.25, 0.3) is 0 Å². The third-order valence-corrected chi connectivity index (χ3v) is 4.44. The van der Waals surface area contributed by atoms with Crippen LogP contribution in [0, 0.1) is 13.8 Å². The summed E-state index contributed by atoms with van der Waals surface area (Å²) < 4.78 is 0. The first kappa shape index (κ1) is 19.3. The standard InChI is InChI=1S/C19H20Cl2N2O2/c1-12-8-13(2)19(17(21)9-12)23(14(3)24)11-18(25)22-10-15-6-4-5-7-16(15)20/h4-9H,10-11H2,1-3H3,(H,22,25). The van der Waals surface area contributed by atoms with Crippen molar-refractivity contribution in [2.45, 2.75) is 27.3 Å². The lowest BCUT2D eigenvalue weighted by Gasteiger charge is -2.24. The fourth-order valence-corrected chi connectivity index (χ4v) is 3.26. The molecule has 0 fully saturated rings. The van der Waals surface area contributed by atoms with E-state index in [1.807, 2.05) is 38.1 Å². The Kier molecular flexibility index (Phi) is 6.45. The number of nitrogens with one attached hydrogen (secondary N) is 1. The van der Waals surface area contributed by atoms with E-state index in [2.05, 4.69) is 5.32 Å². The van der Waals surface area contributed by atoms with Crippen molar-refractivity contribution < 1.29 is 9.59 Å². The highest BCUT2D eigenvalue weighted by atomic mass is 35.5. The Hall–Kier alpha value is -2.04. The van der Waals surface area contributed by atoms with E-state index in [4.69, 9.17) is 23.2 Å².